The lowest BCUT2D eigenvalue weighted by molar-refractivity contribution is 0.171. The first-order chi connectivity index (χ1) is 11.3. The molecule has 1 aliphatic heterocycles. The lowest BCUT2D eigenvalue weighted by Gasteiger charge is -2.21. The van der Waals surface area contributed by atoms with Crippen molar-refractivity contribution in [2.45, 2.75) is 19.5 Å². The summed E-state index contributed by atoms with van der Waals surface area (Å²) in [5.74, 6) is 1.68. The van der Waals surface area contributed by atoms with Crippen LogP contribution >= 0.6 is 0 Å². The van der Waals surface area contributed by atoms with E-state index in [4.69, 9.17) is 9.47 Å². The molecular formula is C19H20N2O2. The topological polar surface area (TPSA) is 46.3 Å². The van der Waals surface area contributed by atoms with Gasteiger partial charge in [-0.05, 0) is 42.3 Å². The molecule has 0 bridgehead atoms. The molecule has 4 heteroatoms. The van der Waals surface area contributed by atoms with Crippen LogP contribution in [0, 0.1) is 0 Å². The van der Waals surface area contributed by atoms with Gasteiger partial charge in [0.1, 0.15) is 13.2 Å². The number of benzene rings is 2. The summed E-state index contributed by atoms with van der Waals surface area (Å²) in [4.78, 5) is 3.26. The highest BCUT2D eigenvalue weighted by Crippen LogP contribution is 2.32. The fourth-order valence-corrected chi connectivity index (χ4v) is 3.01. The van der Waals surface area contributed by atoms with Crippen molar-refractivity contribution in [2.24, 2.45) is 0 Å². The molecule has 1 atom stereocenters. The molecule has 0 amide bonds. The van der Waals surface area contributed by atoms with E-state index in [2.05, 4.69) is 53.6 Å². The fraction of sp³-hybridized carbons (Fsp3) is 0.263. The molecule has 0 aliphatic carbocycles. The number of rotatable bonds is 4. The van der Waals surface area contributed by atoms with Gasteiger partial charge < -0.3 is 19.8 Å². The molecule has 0 saturated carbocycles. The van der Waals surface area contributed by atoms with Crippen molar-refractivity contribution in [1.29, 1.82) is 0 Å². The van der Waals surface area contributed by atoms with Gasteiger partial charge in [-0.3, -0.25) is 0 Å². The van der Waals surface area contributed by atoms with Crippen LogP contribution in [0.15, 0.2) is 48.7 Å². The van der Waals surface area contributed by atoms with Gasteiger partial charge in [-0.25, -0.2) is 0 Å². The standard InChI is InChI=1S/C19H20N2O2/c1-13(14-5-6-18-19(11-14)23-10-9-22-18)21-12-15-3-2-4-17-16(15)7-8-20-17/h2-8,11,13,20-21H,9-10,12H2,1H3. The Labute approximate surface area is 135 Å². The number of nitrogens with one attached hydrogen (secondary N) is 2. The minimum atomic E-state index is 0.236. The zero-order valence-corrected chi connectivity index (χ0v) is 13.1. The molecule has 2 heterocycles. The third-order valence-electron chi connectivity index (χ3n) is 4.35. The Morgan fingerprint density at radius 3 is 2.87 bits per heavy atom. The van der Waals surface area contributed by atoms with Crippen molar-refractivity contribution in [3.05, 3.63) is 59.8 Å². The molecule has 0 spiro atoms. The average Bonchev–Trinajstić information content (AvgIpc) is 3.08. The van der Waals surface area contributed by atoms with Crippen LogP contribution in [0.25, 0.3) is 10.9 Å². The SMILES string of the molecule is CC(NCc1cccc2[nH]ccc12)c1ccc2c(c1)OCCO2. The van der Waals surface area contributed by atoms with Crippen LogP contribution in [0.4, 0.5) is 0 Å². The second kappa shape index (κ2) is 5.97. The summed E-state index contributed by atoms with van der Waals surface area (Å²) in [5.41, 5.74) is 3.68. The second-order valence-electron chi connectivity index (χ2n) is 5.86. The van der Waals surface area contributed by atoms with E-state index in [1.807, 2.05) is 12.3 Å². The van der Waals surface area contributed by atoms with Gasteiger partial charge in [0.05, 0.1) is 0 Å². The molecule has 2 aromatic carbocycles. The van der Waals surface area contributed by atoms with Crippen molar-refractivity contribution in [2.75, 3.05) is 13.2 Å². The molecule has 0 radical (unpaired) electrons. The Balaban J connectivity index is 1.49. The molecule has 1 unspecified atom stereocenters. The number of aromatic amines is 1. The van der Waals surface area contributed by atoms with E-state index in [0.29, 0.717) is 13.2 Å². The Kier molecular flexibility index (Phi) is 3.67. The van der Waals surface area contributed by atoms with Crippen LogP contribution in [0.1, 0.15) is 24.1 Å². The normalized spacial score (nSPS) is 14.8. The van der Waals surface area contributed by atoms with E-state index >= 15 is 0 Å². The third kappa shape index (κ3) is 2.78. The van der Waals surface area contributed by atoms with E-state index in [0.717, 1.165) is 18.0 Å². The fourth-order valence-electron chi connectivity index (χ4n) is 3.01. The maximum Gasteiger partial charge on any atom is 0.161 e. The summed E-state index contributed by atoms with van der Waals surface area (Å²) in [6.45, 7) is 4.24. The van der Waals surface area contributed by atoms with Gasteiger partial charge in [0, 0.05) is 29.7 Å². The van der Waals surface area contributed by atoms with Gasteiger partial charge in [0.2, 0.25) is 0 Å². The number of fused-ring (bicyclic) bond motifs is 2. The maximum absolute atomic E-state index is 5.67. The molecular weight excluding hydrogens is 288 g/mol. The Hall–Kier alpha value is -2.46. The molecule has 3 aromatic rings. The van der Waals surface area contributed by atoms with Crippen LogP contribution in [-0.4, -0.2) is 18.2 Å². The predicted octanol–water partition coefficient (Wildman–Crippen LogP) is 3.79. The van der Waals surface area contributed by atoms with Gasteiger partial charge in [-0.15, -0.1) is 0 Å². The molecule has 2 N–H and O–H groups in total. The highest BCUT2D eigenvalue weighted by Gasteiger charge is 2.14. The summed E-state index contributed by atoms with van der Waals surface area (Å²) in [7, 11) is 0. The summed E-state index contributed by atoms with van der Waals surface area (Å²) >= 11 is 0. The Morgan fingerprint density at radius 1 is 1.09 bits per heavy atom. The zero-order chi connectivity index (χ0) is 15.6. The summed E-state index contributed by atoms with van der Waals surface area (Å²) in [6, 6.07) is 14.9. The van der Waals surface area contributed by atoms with Gasteiger partial charge >= 0.3 is 0 Å². The first-order valence-corrected chi connectivity index (χ1v) is 7.99. The van der Waals surface area contributed by atoms with E-state index < -0.39 is 0 Å². The number of H-pyrrole nitrogens is 1. The van der Waals surface area contributed by atoms with Crippen LogP contribution in [0.5, 0.6) is 11.5 Å². The first kappa shape index (κ1) is 14.2. The molecule has 0 fully saturated rings. The predicted molar refractivity (Wildman–Crippen MR) is 91.0 cm³/mol. The van der Waals surface area contributed by atoms with Crippen LogP contribution in [-0.2, 0) is 6.54 Å². The van der Waals surface area contributed by atoms with E-state index in [9.17, 15) is 0 Å². The van der Waals surface area contributed by atoms with Gasteiger partial charge in [0.15, 0.2) is 11.5 Å². The summed E-state index contributed by atoms with van der Waals surface area (Å²) < 4.78 is 11.2. The quantitative estimate of drug-likeness (QED) is 0.771. The van der Waals surface area contributed by atoms with Gasteiger partial charge in [-0.2, -0.15) is 0 Å². The molecule has 118 valence electrons. The van der Waals surface area contributed by atoms with Gasteiger partial charge in [-0.1, -0.05) is 18.2 Å². The molecule has 1 aromatic heterocycles. The van der Waals surface area contributed by atoms with E-state index in [-0.39, 0.29) is 6.04 Å². The summed E-state index contributed by atoms with van der Waals surface area (Å²) in [5, 5.41) is 4.87. The number of aromatic nitrogens is 1. The van der Waals surface area contributed by atoms with Crippen molar-refractivity contribution in [3.8, 4) is 11.5 Å². The maximum atomic E-state index is 5.67. The van der Waals surface area contributed by atoms with E-state index in [1.165, 1.54) is 22.0 Å². The van der Waals surface area contributed by atoms with Crippen LogP contribution < -0.4 is 14.8 Å². The molecule has 4 rings (SSSR count). The minimum Gasteiger partial charge on any atom is -0.486 e. The number of ether oxygens (including phenoxy) is 2. The number of hydrogen-bond acceptors (Lipinski definition) is 3. The third-order valence-corrected chi connectivity index (χ3v) is 4.35. The molecule has 4 nitrogen and oxygen atoms in total. The lowest BCUT2D eigenvalue weighted by Crippen LogP contribution is -2.19. The molecule has 0 saturated heterocycles. The van der Waals surface area contributed by atoms with Gasteiger partial charge in [0.25, 0.3) is 0 Å². The van der Waals surface area contributed by atoms with Crippen molar-refractivity contribution in [1.82, 2.24) is 10.3 Å². The Bertz CT molecular complexity index is 825. The van der Waals surface area contributed by atoms with Crippen LogP contribution in [0.3, 0.4) is 0 Å². The minimum absolute atomic E-state index is 0.236. The van der Waals surface area contributed by atoms with Crippen LogP contribution in [0.2, 0.25) is 0 Å². The highest BCUT2D eigenvalue weighted by molar-refractivity contribution is 5.82. The Morgan fingerprint density at radius 2 is 1.96 bits per heavy atom. The van der Waals surface area contributed by atoms with E-state index in [1.54, 1.807) is 0 Å². The number of hydrogen-bond donors (Lipinski definition) is 2. The van der Waals surface area contributed by atoms with Crippen molar-refractivity contribution in [3.63, 3.8) is 0 Å². The first-order valence-electron chi connectivity index (χ1n) is 7.99. The summed E-state index contributed by atoms with van der Waals surface area (Å²) in [6.07, 6.45) is 1.98. The largest absolute Gasteiger partial charge is 0.486 e. The second-order valence-corrected chi connectivity index (χ2v) is 5.86. The smallest absolute Gasteiger partial charge is 0.161 e. The monoisotopic (exact) mass is 308 g/mol. The van der Waals surface area contributed by atoms with Crippen molar-refractivity contribution < 1.29 is 9.47 Å². The average molecular weight is 308 g/mol. The lowest BCUT2D eigenvalue weighted by atomic mass is 10.1. The molecule has 1 aliphatic rings. The highest BCUT2D eigenvalue weighted by atomic mass is 16.6. The molecule has 23 heavy (non-hydrogen) atoms. The zero-order valence-electron chi connectivity index (χ0n) is 13.1. The van der Waals surface area contributed by atoms with Crippen molar-refractivity contribution >= 4 is 10.9 Å².